The average molecular weight is 224 g/mol. The molecule has 0 aliphatic rings. The van der Waals surface area contributed by atoms with Crippen molar-refractivity contribution < 1.29 is 19.7 Å². The lowest BCUT2D eigenvalue weighted by Crippen LogP contribution is -2.12. The number of ether oxygens (including phenoxy) is 1. The molecule has 0 aliphatic carbocycles. The van der Waals surface area contributed by atoms with E-state index in [-0.39, 0.29) is 5.75 Å². The number of phenols is 1. The second-order valence-corrected chi connectivity index (χ2v) is 3.89. The van der Waals surface area contributed by atoms with Gasteiger partial charge >= 0.3 is 5.97 Å². The Morgan fingerprint density at radius 3 is 2.62 bits per heavy atom. The monoisotopic (exact) mass is 224 g/mol. The van der Waals surface area contributed by atoms with E-state index in [1.54, 1.807) is 19.1 Å². The number of carboxylic acid groups (broad SMARTS) is 1. The molecule has 1 aromatic carbocycles. The van der Waals surface area contributed by atoms with E-state index in [9.17, 15) is 9.90 Å². The fraction of sp³-hybridized carbons (Fsp3) is 0.417. The molecule has 0 spiro atoms. The van der Waals surface area contributed by atoms with Gasteiger partial charge in [-0.05, 0) is 36.6 Å². The van der Waals surface area contributed by atoms with Crippen LogP contribution in [0.1, 0.15) is 18.1 Å². The average Bonchev–Trinajstić information content (AvgIpc) is 2.22. The smallest absolute Gasteiger partial charge is 0.306 e. The van der Waals surface area contributed by atoms with E-state index in [1.165, 1.54) is 7.11 Å². The maximum Gasteiger partial charge on any atom is 0.306 e. The maximum atomic E-state index is 10.7. The summed E-state index contributed by atoms with van der Waals surface area (Å²) in [6.45, 7) is 3.51. The minimum Gasteiger partial charge on any atom is -0.504 e. The van der Waals surface area contributed by atoms with E-state index in [1.807, 2.05) is 6.92 Å². The number of carbonyl (C=O) groups is 1. The molecule has 1 rings (SSSR count). The predicted molar refractivity (Wildman–Crippen MR) is 59.9 cm³/mol. The number of rotatable bonds is 4. The van der Waals surface area contributed by atoms with Gasteiger partial charge in [-0.3, -0.25) is 4.79 Å². The van der Waals surface area contributed by atoms with Crippen molar-refractivity contribution >= 4 is 5.97 Å². The van der Waals surface area contributed by atoms with Crippen LogP contribution >= 0.6 is 0 Å². The zero-order chi connectivity index (χ0) is 12.3. The Morgan fingerprint density at radius 2 is 2.12 bits per heavy atom. The molecule has 0 saturated carbocycles. The number of hydrogen-bond donors (Lipinski definition) is 2. The third kappa shape index (κ3) is 2.66. The molecule has 4 heteroatoms. The summed E-state index contributed by atoms with van der Waals surface area (Å²) in [6.07, 6.45) is 0.402. The van der Waals surface area contributed by atoms with Gasteiger partial charge in [0.2, 0.25) is 0 Å². The SMILES string of the molecule is COc1cc(C)c(CC(C)C(=O)O)cc1O. The van der Waals surface area contributed by atoms with Crippen molar-refractivity contribution in [3.63, 3.8) is 0 Å². The molecule has 1 atom stereocenters. The minimum absolute atomic E-state index is 0.0423. The van der Waals surface area contributed by atoms with Gasteiger partial charge in [0.25, 0.3) is 0 Å². The van der Waals surface area contributed by atoms with E-state index >= 15 is 0 Å². The molecule has 0 aromatic heterocycles. The van der Waals surface area contributed by atoms with Crippen LogP contribution in [0.15, 0.2) is 12.1 Å². The third-order valence-corrected chi connectivity index (χ3v) is 2.59. The molecule has 1 aromatic rings. The minimum atomic E-state index is -0.838. The fourth-order valence-electron chi connectivity index (χ4n) is 1.51. The molecule has 0 bridgehead atoms. The molecule has 0 fully saturated rings. The van der Waals surface area contributed by atoms with Gasteiger partial charge in [-0.2, -0.15) is 0 Å². The first-order valence-electron chi connectivity index (χ1n) is 5.05. The van der Waals surface area contributed by atoms with Crippen LogP contribution in [0.25, 0.3) is 0 Å². The highest BCUT2D eigenvalue weighted by Crippen LogP contribution is 2.30. The highest BCUT2D eigenvalue weighted by Gasteiger charge is 2.14. The summed E-state index contributed by atoms with van der Waals surface area (Å²) >= 11 is 0. The first-order chi connectivity index (χ1) is 7.45. The summed E-state index contributed by atoms with van der Waals surface area (Å²) in [5.74, 6) is -0.855. The molecule has 0 radical (unpaired) electrons. The molecule has 0 saturated heterocycles. The number of carboxylic acids is 1. The van der Waals surface area contributed by atoms with E-state index in [2.05, 4.69) is 0 Å². The number of aromatic hydroxyl groups is 1. The zero-order valence-electron chi connectivity index (χ0n) is 9.65. The largest absolute Gasteiger partial charge is 0.504 e. The van der Waals surface area contributed by atoms with Crippen LogP contribution in [0, 0.1) is 12.8 Å². The molecule has 0 amide bonds. The van der Waals surface area contributed by atoms with Gasteiger partial charge in [0.1, 0.15) is 0 Å². The molecular weight excluding hydrogens is 208 g/mol. The molecule has 16 heavy (non-hydrogen) atoms. The predicted octanol–water partition coefficient (Wildman–Crippen LogP) is 1.97. The number of benzene rings is 1. The van der Waals surface area contributed by atoms with E-state index in [0.29, 0.717) is 12.2 Å². The second kappa shape index (κ2) is 4.88. The Kier molecular flexibility index (Phi) is 3.77. The van der Waals surface area contributed by atoms with Crippen molar-refractivity contribution in [1.29, 1.82) is 0 Å². The van der Waals surface area contributed by atoms with Crippen molar-refractivity contribution in [3.8, 4) is 11.5 Å². The van der Waals surface area contributed by atoms with E-state index < -0.39 is 11.9 Å². The summed E-state index contributed by atoms with van der Waals surface area (Å²) in [7, 11) is 1.48. The third-order valence-electron chi connectivity index (χ3n) is 2.59. The summed E-state index contributed by atoms with van der Waals surface area (Å²) in [4.78, 5) is 10.7. The van der Waals surface area contributed by atoms with Gasteiger partial charge in [0, 0.05) is 0 Å². The van der Waals surface area contributed by atoms with Crippen LogP contribution in [0.4, 0.5) is 0 Å². The Hall–Kier alpha value is -1.71. The lowest BCUT2D eigenvalue weighted by molar-refractivity contribution is -0.141. The van der Waals surface area contributed by atoms with Crippen LogP contribution in [0.5, 0.6) is 11.5 Å². The Labute approximate surface area is 94.5 Å². The van der Waals surface area contributed by atoms with Gasteiger partial charge in [0.05, 0.1) is 13.0 Å². The van der Waals surface area contributed by atoms with Crippen molar-refractivity contribution in [2.45, 2.75) is 20.3 Å². The highest BCUT2D eigenvalue weighted by atomic mass is 16.5. The second-order valence-electron chi connectivity index (χ2n) is 3.89. The van der Waals surface area contributed by atoms with E-state index in [4.69, 9.17) is 9.84 Å². The molecule has 2 N–H and O–H groups in total. The molecule has 0 heterocycles. The normalized spacial score (nSPS) is 12.2. The molecule has 88 valence electrons. The summed E-state index contributed by atoms with van der Waals surface area (Å²) in [6, 6.07) is 3.27. The van der Waals surface area contributed by atoms with Gasteiger partial charge in [0.15, 0.2) is 11.5 Å². The van der Waals surface area contributed by atoms with Crippen LogP contribution in [-0.4, -0.2) is 23.3 Å². The van der Waals surface area contributed by atoms with Gasteiger partial charge < -0.3 is 14.9 Å². The van der Waals surface area contributed by atoms with Gasteiger partial charge in [-0.15, -0.1) is 0 Å². The Morgan fingerprint density at radius 1 is 1.50 bits per heavy atom. The highest BCUT2D eigenvalue weighted by molar-refractivity contribution is 5.70. The van der Waals surface area contributed by atoms with Crippen LogP contribution < -0.4 is 4.74 Å². The van der Waals surface area contributed by atoms with Crippen LogP contribution in [0.2, 0.25) is 0 Å². The van der Waals surface area contributed by atoms with E-state index in [0.717, 1.165) is 11.1 Å². The summed E-state index contributed by atoms with van der Waals surface area (Å²) in [5, 5.41) is 18.4. The number of aryl methyl sites for hydroxylation is 1. The zero-order valence-corrected chi connectivity index (χ0v) is 9.65. The number of hydrogen-bond acceptors (Lipinski definition) is 3. The van der Waals surface area contributed by atoms with Gasteiger partial charge in [-0.1, -0.05) is 6.92 Å². The van der Waals surface area contributed by atoms with Crippen molar-refractivity contribution in [2.24, 2.45) is 5.92 Å². The van der Waals surface area contributed by atoms with Gasteiger partial charge in [-0.25, -0.2) is 0 Å². The number of methoxy groups -OCH3 is 1. The van der Waals surface area contributed by atoms with Crippen LogP contribution in [-0.2, 0) is 11.2 Å². The van der Waals surface area contributed by atoms with Crippen molar-refractivity contribution in [3.05, 3.63) is 23.3 Å². The van der Waals surface area contributed by atoms with Crippen molar-refractivity contribution in [1.82, 2.24) is 0 Å². The van der Waals surface area contributed by atoms with Crippen molar-refractivity contribution in [2.75, 3.05) is 7.11 Å². The fourth-order valence-corrected chi connectivity index (χ4v) is 1.51. The summed E-state index contributed by atoms with van der Waals surface area (Å²) < 4.78 is 4.97. The maximum absolute atomic E-state index is 10.7. The molecule has 1 unspecified atom stereocenters. The molecule has 0 aliphatic heterocycles. The Balaban J connectivity index is 2.98. The number of aliphatic carboxylic acids is 1. The topological polar surface area (TPSA) is 66.8 Å². The lowest BCUT2D eigenvalue weighted by atomic mass is 9.97. The quantitative estimate of drug-likeness (QED) is 0.820. The first kappa shape index (κ1) is 12.4. The number of phenolic OH excluding ortho intramolecular Hbond substituents is 1. The Bertz CT molecular complexity index is 398. The molecule has 4 nitrogen and oxygen atoms in total. The lowest BCUT2D eigenvalue weighted by Gasteiger charge is -2.12. The first-order valence-corrected chi connectivity index (χ1v) is 5.05. The molecular formula is C12H16O4. The van der Waals surface area contributed by atoms with Crippen LogP contribution in [0.3, 0.4) is 0 Å². The standard InChI is InChI=1S/C12H16O4/c1-7-5-11(16-3)10(13)6-9(7)4-8(2)12(14)15/h5-6,8,13H,4H2,1-3H3,(H,14,15). The summed E-state index contributed by atoms with van der Waals surface area (Å²) in [5.41, 5.74) is 1.75.